The number of halogens is 1. The van der Waals surface area contributed by atoms with E-state index in [1.54, 1.807) is 0 Å². The molecule has 0 aliphatic rings. The maximum absolute atomic E-state index is 6.25. The Bertz CT molecular complexity index is 1940. The van der Waals surface area contributed by atoms with Crippen LogP contribution in [0.5, 0.6) is 0 Å². The molecule has 0 saturated carbocycles. The fourth-order valence-corrected chi connectivity index (χ4v) is 6.60. The molecule has 0 fully saturated rings. The summed E-state index contributed by atoms with van der Waals surface area (Å²) in [4.78, 5) is 4.50. The summed E-state index contributed by atoms with van der Waals surface area (Å²) < 4.78 is 4.12. The average Bonchev–Trinajstić information content (AvgIpc) is 3.74. The van der Waals surface area contributed by atoms with Gasteiger partial charge < -0.3 is 4.57 Å². The monoisotopic (exact) mass is 620 g/mol. The zero-order valence-corrected chi connectivity index (χ0v) is 26.3. The van der Waals surface area contributed by atoms with Crippen molar-refractivity contribution in [1.82, 2.24) is 29.8 Å². The van der Waals surface area contributed by atoms with Crippen molar-refractivity contribution in [3.63, 3.8) is 0 Å². The van der Waals surface area contributed by atoms with Gasteiger partial charge in [-0.15, -0.1) is 5.10 Å². The molecule has 0 N–H and O–H groups in total. The number of rotatable bonds is 10. The van der Waals surface area contributed by atoms with Crippen molar-refractivity contribution < 1.29 is 0 Å². The van der Waals surface area contributed by atoms with E-state index < -0.39 is 5.54 Å². The molecule has 0 spiro atoms. The van der Waals surface area contributed by atoms with E-state index in [2.05, 4.69) is 137 Å². The first-order valence-electron chi connectivity index (χ1n) is 15.5. The molecule has 2 heterocycles. The van der Waals surface area contributed by atoms with Crippen molar-refractivity contribution in [3.05, 3.63) is 179 Å². The Morgan fingerprint density at radius 3 is 1.76 bits per heavy atom. The number of hydrogen-bond donors (Lipinski definition) is 0. The summed E-state index contributed by atoms with van der Waals surface area (Å²) in [5.74, 6) is 1.68. The topological polar surface area (TPSA) is 61.4 Å². The number of nitrogens with zero attached hydrogens (tertiary/aromatic N) is 6. The molecule has 0 saturated heterocycles. The average molecular weight is 621 g/mol. The van der Waals surface area contributed by atoms with Gasteiger partial charge in [0.15, 0.2) is 5.82 Å². The molecular formula is C39H33ClN6. The minimum absolute atomic E-state index is 0.532. The summed E-state index contributed by atoms with van der Waals surface area (Å²) in [6.07, 6.45) is 3.82. The first-order chi connectivity index (χ1) is 22.7. The van der Waals surface area contributed by atoms with Gasteiger partial charge in [-0.1, -0.05) is 158 Å². The summed E-state index contributed by atoms with van der Waals surface area (Å²) in [5.41, 5.74) is 6.59. The second-order valence-corrected chi connectivity index (χ2v) is 11.7. The fraction of sp³-hybridized carbons (Fsp3) is 0.128. The minimum Gasteiger partial charge on any atom is -0.329 e. The quantitative estimate of drug-likeness (QED) is 0.144. The summed E-state index contributed by atoms with van der Waals surface area (Å²) in [7, 11) is 0. The molecule has 0 atom stereocenters. The number of imidazole rings is 1. The van der Waals surface area contributed by atoms with Crippen molar-refractivity contribution in [2.24, 2.45) is 0 Å². The minimum atomic E-state index is -0.831. The zero-order chi connectivity index (χ0) is 31.3. The number of benzene rings is 5. The third-order valence-corrected chi connectivity index (χ3v) is 8.63. The Labute approximate surface area is 274 Å². The van der Waals surface area contributed by atoms with Gasteiger partial charge in [-0.2, -0.15) is 0 Å². The molecule has 7 heteroatoms. The number of hydrogen-bond acceptors (Lipinski definition) is 4. The molecule has 0 amide bonds. The van der Waals surface area contributed by atoms with Gasteiger partial charge in [0.1, 0.15) is 16.5 Å². The van der Waals surface area contributed by atoms with E-state index in [0.717, 1.165) is 52.0 Å². The number of aromatic nitrogens is 6. The van der Waals surface area contributed by atoms with Crippen LogP contribution in [0.25, 0.3) is 22.5 Å². The SMILES string of the molecule is CCCc1nc(Cl)cn1Cc1ccc(-c2ccccc2-c2nnnn2C(c2ccccc2)(c2ccccc2)c2ccccc2)cc1. The van der Waals surface area contributed by atoms with E-state index in [1.807, 2.05) is 35.1 Å². The van der Waals surface area contributed by atoms with E-state index in [4.69, 9.17) is 21.9 Å². The summed E-state index contributed by atoms with van der Waals surface area (Å²) >= 11 is 6.25. The molecular weight excluding hydrogens is 588 g/mol. The highest BCUT2D eigenvalue weighted by atomic mass is 35.5. The van der Waals surface area contributed by atoms with Crippen LogP contribution in [-0.4, -0.2) is 29.8 Å². The summed E-state index contributed by atoms with van der Waals surface area (Å²) in [5, 5.41) is 14.3. The number of tetrazole rings is 1. The third-order valence-electron chi connectivity index (χ3n) is 8.45. The molecule has 0 bridgehead atoms. The van der Waals surface area contributed by atoms with Crippen molar-refractivity contribution in [3.8, 4) is 22.5 Å². The maximum Gasteiger partial charge on any atom is 0.184 e. The van der Waals surface area contributed by atoms with Crippen molar-refractivity contribution in [2.45, 2.75) is 31.8 Å². The molecule has 7 aromatic rings. The lowest BCUT2D eigenvalue weighted by atomic mass is 9.77. The molecule has 0 radical (unpaired) electrons. The van der Waals surface area contributed by atoms with Crippen LogP contribution in [-0.2, 0) is 18.5 Å². The van der Waals surface area contributed by atoms with Gasteiger partial charge in [-0.25, -0.2) is 9.67 Å². The smallest absolute Gasteiger partial charge is 0.184 e. The Hall–Kier alpha value is -5.33. The van der Waals surface area contributed by atoms with Crippen LogP contribution in [0, 0.1) is 0 Å². The van der Waals surface area contributed by atoms with E-state index >= 15 is 0 Å². The van der Waals surface area contributed by atoms with Crippen LogP contribution in [0.3, 0.4) is 0 Å². The van der Waals surface area contributed by atoms with Crippen LogP contribution in [0.2, 0.25) is 5.15 Å². The van der Waals surface area contributed by atoms with Crippen LogP contribution < -0.4 is 0 Å². The largest absolute Gasteiger partial charge is 0.329 e. The second kappa shape index (κ2) is 13.0. The van der Waals surface area contributed by atoms with Gasteiger partial charge in [0, 0.05) is 24.7 Å². The first kappa shape index (κ1) is 29.4. The molecule has 2 aromatic heterocycles. The first-order valence-corrected chi connectivity index (χ1v) is 15.9. The van der Waals surface area contributed by atoms with Crippen LogP contribution in [0.15, 0.2) is 146 Å². The highest BCUT2D eigenvalue weighted by Gasteiger charge is 2.42. The maximum atomic E-state index is 6.25. The molecule has 46 heavy (non-hydrogen) atoms. The van der Waals surface area contributed by atoms with Crippen LogP contribution in [0.4, 0.5) is 0 Å². The molecule has 5 aromatic carbocycles. The standard InChI is InChI=1S/C39H33ClN6/c1-2-14-37-41-36(40)28-45(37)27-29-23-25-30(26-24-29)34-21-12-13-22-35(34)38-42-43-44-46(38)39(31-15-6-3-7-16-31,32-17-8-4-9-18-32)33-19-10-5-11-20-33/h3-13,15-26,28H,2,14,27H2,1H3. The van der Waals surface area contributed by atoms with Crippen LogP contribution in [0.1, 0.15) is 41.4 Å². The van der Waals surface area contributed by atoms with Gasteiger partial charge in [0.25, 0.3) is 0 Å². The van der Waals surface area contributed by atoms with E-state index in [0.29, 0.717) is 17.5 Å². The van der Waals surface area contributed by atoms with Crippen molar-refractivity contribution >= 4 is 11.6 Å². The molecule has 7 rings (SSSR count). The predicted molar refractivity (Wildman–Crippen MR) is 184 cm³/mol. The highest BCUT2D eigenvalue weighted by molar-refractivity contribution is 6.29. The fourth-order valence-electron chi connectivity index (χ4n) is 6.38. The molecule has 0 aliphatic carbocycles. The zero-order valence-electron chi connectivity index (χ0n) is 25.5. The third kappa shape index (κ3) is 5.41. The van der Waals surface area contributed by atoms with Gasteiger partial charge in [-0.05, 0) is 50.2 Å². The molecule has 0 aliphatic heterocycles. The molecule has 226 valence electrons. The van der Waals surface area contributed by atoms with Crippen molar-refractivity contribution in [1.29, 1.82) is 0 Å². The Balaban J connectivity index is 1.36. The van der Waals surface area contributed by atoms with Gasteiger partial charge in [-0.3, -0.25) is 0 Å². The number of aryl methyl sites for hydroxylation is 1. The summed E-state index contributed by atoms with van der Waals surface area (Å²) in [6.45, 7) is 2.86. The van der Waals surface area contributed by atoms with E-state index in [-0.39, 0.29) is 0 Å². The summed E-state index contributed by atoms with van der Waals surface area (Å²) in [6, 6.07) is 48.4. The Morgan fingerprint density at radius 1 is 0.652 bits per heavy atom. The Kier molecular flexibility index (Phi) is 8.28. The normalized spacial score (nSPS) is 11.5. The Morgan fingerprint density at radius 2 is 1.20 bits per heavy atom. The van der Waals surface area contributed by atoms with E-state index in [9.17, 15) is 0 Å². The van der Waals surface area contributed by atoms with Gasteiger partial charge in [0.2, 0.25) is 0 Å². The molecule has 0 unspecified atom stereocenters. The lowest BCUT2D eigenvalue weighted by Gasteiger charge is -2.36. The second-order valence-electron chi connectivity index (χ2n) is 11.3. The van der Waals surface area contributed by atoms with E-state index in [1.165, 1.54) is 5.56 Å². The van der Waals surface area contributed by atoms with Crippen molar-refractivity contribution in [2.75, 3.05) is 0 Å². The van der Waals surface area contributed by atoms with Crippen LogP contribution >= 0.6 is 11.6 Å². The highest BCUT2D eigenvalue weighted by Crippen LogP contribution is 2.43. The van der Waals surface area contributed by atoms with Gasteiger partial charge >= 0.3 is 0 Å². The lowest BCUT2D eigenvalue weighted by molar-refractivity contribution is 0.451. The van der Waals surface area contributed by atoms with Gasteiger partial charge in [0.05, 0.1) is 0 Å². The molecule has 6 nitrogen and oxygen atoms in total. The lowest BCUT2D eigenvalue weighted by Crippen LogP contribution is -2.39. The predicted octanol–water partition coefficient (Wildman–Crippen LogP) is 8.70.